The van der Waals surface area contributed by atoms with Gasteiger partial charge in [0, 0.05) is 5.57 Å². The molecule has 2 N–H and O–H groups in total. The van der Waals surface area contributed by atoms with Crippen LogP contribution in [0, 0.1) is 0 Å². The Bertz CT molecular complexity index is 319. The van der Waals surface area contributed by atoms with Crippen LogP contribution in [0.15, 0.2) is 12.2 Å². The molecular formula is C10H19O5P. The summed E-state index contributed by atoms with van der Waals surface area (Å²) in [6, 6.07) is 0. The second-order valence-corrected chi connectivity index (χ2v) is 5.67. The van der Waals surface area contributed by atoms with Crippen LogP contribution in [0.25, 0.3) is 0 Å². The zero-order valence-electron chi connectivity index (χ0n) is 9.89. The maximum absolute atomic E-state index is 11.4. The van der Waals surface area contributed by atoms with Crippen LogP contribution in [0.5, 0.6) is 0 Å². The van der Waals surface area contributed by atoms with Gasteiger partial charge in [0.2, 0.25) is 5.34 Å². The van der Waals surface area contributed by atoms with E-state index in [9.17, 15) is 19.1 Å². The first kappa shape index (κ1) is 15.4. The second-order valence-electron chi connectivity index (χ2n) is 3.76. The molecule has 0 aromatic rings. The number of hydrogen-bond acceptors (Lipinski definition) is 3. The van der Waals surface area contributed by atoms with Gasteiger partial charge in [-0.15, -0.1) is 0 Å². The molecule has 0 amide bonds. The zero-order valence-corrected chi connectivity index (χ0v) is 10.8. The summed E-state index contributed by atoms with van der Waals surface area (Å²) >= 11 is 0. The van der Waals surface area contributed by atoms with Gasteiger partial charge in [0.05, 0.1) is 0 Å². The molecule has 94 valence electrons. The van der Waals surface area contributed by atoms with Gasteiger partial charge < -0.3 is 14.5 Å². The summed E-state index contributed by atoms with van der Waals surface area (Å²) in [5, 5.41) is -1.71. The fourth-order valence-electron chi connectivity index (χ4n) is 1.36. The highest BCUT2D eigenvalue weighted by molar-refractivity contribution is 7.53. The first-order valence-electron chi connectivity index (χ1n) is 5.14. The van der Waals surface area contributed by atoms with Crippen LogP contribution in [-0.2, 0) is 14.1 Å². The maximum Gasteiger partial charge on any atom is 0.368 e. The molecule has 0 rings (SSSR count). The topological polar surface area (TPSA) is 83.8 Å². The highest BCUT2D eigenvalue weighted by atomic mass is 31.2. The van der Waals surface area contributed by atoms with Crippen molar-refractivity contribution in [1.29, 1.82) is 0 Å². The average Bonchev–Trinajstić information content (AvgIpc) is 2.14. The molecule has 0 aliphatic carbocycles. The predicted octanol–water partition coefficient (Wildman–Crippen LogP) is 2.19. The third-order valence-electron chi connectivity index (χ3n) is 2.36. The third-order valence-corrected chi connectivity index (χ3v) is 4.05. The lowest BCUT2D eigenvalue weighted by molar-refractivity contribution is -0.149. The van der Waals surface area contributed by atoms with Gasteiger partial charge in [0.25, 0.3) is 0 Å². The van der Waals surface area contributed by atoms with Crippen molar-refractivity contribution in [3.8, 4) is 0 Å². The van der Waals surface area contributed by atoms with E-state index in [4.69, 9.17) is 4.74 Å². The van der Waals surface area contributed by atoms with E-state index in [1.807, 2.05) is 0 Å². The molecule has 0 aromatic heterocycles. The molecule has 0 aliphatic rings. The Labute approximate surface area is 95.7 Å². The summed E-state index contributed by atoms with van der Waals surface area (Å²) in [5.41, 5.74) is 0.127. The molecule has 6 heteroatoms. The summed E-state index contributed by atoms with van der Waals surface area (Å²) in [4.78, 5) is 30.0. The molecule has 16 heavy (non-hydrogen) atoms. The van der Waals surface area contributed by atoms with Gasteiger partial charge in [-0.1, -0.05) is 26.8 Å². The lowest BCUT2D eigenvalue weighted by Gasteiger charge is -2.32. The summed E-state index contributed by atoms with van der Waals surface area (Å²) in [6.07, 6.45) is 0.722. The number of ether oxygens (including phenoxy) is 1. The lowest BCUT2D eigenvalue weighted by atomic mass is 10.1. The minimum atomic E-state index is -4.50. The average molecular weight is 250 g/mol. The monoisotopic (exact) mass is 250 g/mol. The van der Waals surface area contributed by atoms with E-state index in [1.54, 1.807) is 13.8 Å². The molecule has 0 spiro atoms. The second kappa shape index (κ2) is 5.62. The predicted molar refractivity (Wildman–Crippen MR) is 60.9 cm³/mol. The summed E-state index contributed by atoms with van der Waals surface area (Å²) in [5.74, 6) is -0.765. The summed E-state index contributed by atoms with van der Waals surface area (Å²) in [6.45, 7) is 8.18. The molecule has 0 aromatic carbocycles. The van der Waals surface area contributed by atoms with Gasteiger partial charge in [-0.3, -0.25) is 4.57 Å². The van der Waals surface area contributed by atoms with Crippen LogP contribution in [0.3, 0.4) is 0 Å². The minimum Gasteiger partial charge on any atom is -0.443 e. The molecule has 0 radical (unpaired) electrons. The maximum atomic E-state index is 11.4. The van der Waals surface area contributed by atoms with E-state index in [0.29, 0.717) is 6.42 Å². The fourth-order valence-corrected chi connectivity index (χ4v) is 2.49. The highest BCUT2D eigenvalue weighted by Gasteiger charge is 2.48. The zero-order chi connectivity index (χ0) is 13.0. The first-order valence-corrected chi connectivity index (χ1v) is 6.76. The van der Waals surface area contributed by atoms with Crippen molar-refractivity contribution >= 4 is 13.6 Å². The molecule has 5 nitrogen and oxygen atoms in total. The fraction of sp³-hybridized carbons (Fsp3) is 0.700. The van der Waals surface area contributed by atoms with Crippen LogP contribution >= 0.6 is 7.60 Å². The molecule has 1 atom stereocenters. The molecule has 0 fully saturated rings. The van der Waals surface area contributed by atoms with Crippen LogP contribution in [0.1, 0.15) is 40.0 Å². The van der Waals surface area contributed by atoms with Crippen LogP contribution in [0.2, 0.25) is 0 Å². The molecule has 0 heterocycles. The number of carbonyl (C=O) groups excluding carboxylic acids is 1. The molecule has 0 saturated carbocycles. The Morgan fingerprint density at radius 3 is 2.19 bits per heavy atom. The molecule has 0 saturated heterocycles. The van der Waals surface area contributed by atoms with Gasteiger partial charge in [-0.05, 0) is 19.8 Å². The third kappa shape index (κ3) is 3.44. The van der Waals surface area contributed by atoms with E-state index in [0.717, 1.165) is 0 Å². The Morgan fingerprint density at radius 2 is 1.94 bits per heavy atom. The van der Waals surface area contributed by atoms with Crippen molar-refractivity contribution in [2.75, 3.05) is 0 Å². The van der Waals surface area contributed by atoms with E-state index in [1.165, 1.54) is 6.92 Å². The van der Waals surface area contributed by atoms with E-state index < -0.39 is 18.9 Å². The Kier molecular flexibility index (Phi) is 5.39. The first-order chi connectivity index (χ1) is 7.20. The molecular weight excluding hydrogens is 231 g/mol. The van der Waals surface area contributed by atoms with Gasteiger partial charge in [-0.2, -0.15) is 0 Å². The molecule has 1 unspecified atom stereocenters. The van der Waals surface area contributed by atoms with Gasteiger partial charge in [-0.25, -0.2) is 4.79 Å². The summed E-state index contributed by atoms with van der Waals surface area (Å²) < 4.78 is 16.4. The van der Waals surface area contributed by atoms with Crippen LogP contribution < -0.4 is 0 Å². The number of hydrogen-bond donors (Lipinski definition) is 2. The molecule has 0 bridgehead atoms. The Hall–Kier alpha value is -0.640. The van der Waals surface area contributed by atoms with Crippen molar-refractivity contribution in [3.05, 3.63) is 12.2 Å². The number of rotatable bonds is 6. The normalized spacial score (nSPS) is 15.3. The van der Waals surface area contributed by atoms with Crippen LogP contribution in [0.4, 0.5) is 0 Å². The van der Waals surface area contributed by atoms with Crippen LogP contribution in [-0.4, -0.2) is 21.1 Å². The van der Waals surface area contributed by atoms with Gasteiger partial charge >= 0.3 is 13.6 Å². The van der Waals surface area contributed by atoms with Gasteiger partial charge in [0.1, 0.15) is 0 Å². The minimum absolute atomic E-state index is 0.0735. The van der Waals surface area contributed by atoms with E-state index in [2.05, 4.69) is 6.58 Å². The highest BCUT2D eigenvalue weighted by Crippen LogP contribution is 2.55. The van der Waals surface area contributed by atoms with Crippen molar-refractivity contribution in [2.45, 2.75) is 45.4 Å². The van der Waals surface area contributed by atoms with Crippen molar-refractivity contribution in [3.63, 3.8) is 0 Å². The van der Waals surface area contributed by atoms with E-state index in [-0.39, 0.29) is 18.4 Å². The quantitative estimate of drug-likeness (QED) is 0.429. The van der Waals surface area contributed by atoms with Crippen molar-refractivity contribution < 1.29 is 23.9 Å². The standard InChI is InChI=1S/C10H19O5P/c1-5-7-10(6-2,16(12,13)14)15-9(11)8(3)4/h3,5-7H2,1-2,4H3,(H2,12,13,14). The van der Waals surface area contributed by atoms with Crippen molar-refractivity contribution in [1.82, 2.24) is 0 Å². The Morgan fingerprint density at radius 1 is 1.44 bits per heavy atom. The Balaban J connectivity index is 5.15. The van der Waals surface area contributed by atoms with Crippen molar-refractivity contribution in [2.24, 2.45) is 0 Å². The lowest BCUT2D eigenvalue weighted by Crippen LogP contribution is -2.34. The van der Waals surface area contributed by atoms with E-state index >= 15 is 0 Å². The smallest absolute Gasteiger partial charge is 0.368 e. The van der Waals surface area contributed by atoms with Gasteiger partial charge in [0.15, 0.2) is 0 Å². The SMILES string of the molecule is C=C(C)C(=O)OC(CC)(CCC)P(=O)(O)O. The summed E-state index contributed by atoms with van der Waals surface area (Å²) in [7, 11) is -4.50. The number of esters is 1. The largest absolute Gasteiger partial charge is 0.443 e. The molecule has 0 aliphatic heterocycles. The number of carbonyl (C=O) groups is 1.